The number of carbonyl (C=O) groups excluding carboxylic acids is 1. The van der Waals surface area contributed by atoms with Gasteiger partial charge in [-0.1, -0.05) is 19.1 Å². The van der Waals surface area contributed by atoms with E-state index in [1.54, 1.807) is 6.92 Å². The number of carbonyl (C=O) groups is 1. The topological polar surface area (TPSA) is 100 Å². The highest BCUT2D eigenvalue weighted by atomic mass is 16.3. The SMILES string of the molecule is CCC(=O)N1N=C(c2c(O)n(C)c(=O)n(C)c2=O)C[C@@H]1c1ccc(N(C)C)cc1. The summed E-state index contributed by atoms with van der Waals surface area (Å²) >= 11 is 0. The van der Waals surface area contributed by atoms with Crippen LogP contribution in [0.5, 0.6) is 5.88 Å². The lowest BCUT2D eigenvalue weighted by atomic mass is 9.98. The van der Waals surface area contributed by atoms with E-state index in [1.165, 1.54) is 19.1 Å². The van der Waals surface area contributed by atoms with Crippen molar-refractivity contribution in [1.29, 1.82) is 0 Å². The van der Waals surface area contributed by atoms with E-state index < -0.39 is 23.2 Å². The van der Waals surface area contributed by atoms with E-state index in [9.17, 15) is 19.5 Å². The van der Waals surface area contributed by atoms with Crippen LogP contribution in [0.3, 0.4) is 0 Å². The Balaban J connectivity index is 2.09. The van der Waals surface area contributed by atoms with E-state index in [-0.39, 0.29) is 30.0 Å². The molecule has 1 amide bonds. The second-order valence-corrected chi connectivity index (χ2v) is 7.25. The predicted molar refractivity (Wildman–Crippen MR) is 110 cm³/mol. The predicted octanol–water partition coefficient (Wildman–Crippen LogP) is 0.943. The molecule has 2 heterocycles. The van der Waals surface area contributed by atoms with Crippen molar-refractivity contribution in [2.75, 3.05) is 19.0 Å². The minimum atomic E-state index is -0.642. The molecule has 0 unspecified atom stereocenters. The molecule has 1 N–H and O–H groups in total. The third-order valence-corrected chi connectivity index (χ3v) is 5.18. The van der Waals surface area contributed by atoms with Crippen LogP contribution in [0.4, 0.5) is 5.69 Å². The number of aromatic nitrogens is 2. The number of aromatic hydroxyl groups is 1. The maximum absolute atomic E-state index is 12.7. The van der Waals surface area contributed by atoms with Crippen molar-refractivity contribution in [2.24, 2.45) is 19.2 Å². The summed E-state index contributed by atoms with van der Waals surface area (Å²) in [6, 6.07) is 7.35. The zero-order valence-electron chi connectivity index (χ0n) is 17.2. The summed E-state index contributed by atoms with van der Waals surface area (Å²) in [6.07, 6.45) is 0.508. The van der Waals surface area contributed by atoms with Gasteiger partial charge in [0.1, 0.15) is 5.56 Å². The molecule has 0 radical (unpaired) electrons. The first-order chi connectivity index (χ1) is 13.7. The second kappa shape index (κ2) is 7.57. The van der Waals surface area contributed by atoms with Crippen LogP contribution in [0.15, 0.2) is 39.0 Å². The molecule has 0 aliphatic carbocycles. The number of hydrazone groups is 1. The first-order valence-corrected chi connectivity index (χ1v) is 9.33. The normalized spacial score (nSPS) is 16.1. The third-order valence-electron chi connectivity index (χ3n) is 5.18. The van der Waals surface area contributed by atoms with Gasteiger partial charge in [-0.05, 0) is 17.7 Å². The van der Waals surface area contributed by atoms with Crippen molar-refractivity contribution in [3.05, 3.63) is 56.2 Å². The molecule has 154 valence electrons. The maximum atomic E-state index is 12.7. The lowest BCUT2D eigenvalue weighted by Crippen LogP contribution is -2.39. The van der Waals surface area contributed by atoms with E-state index in [1.807, 2.05) is 43.3 Å². The van der Waals surface area contributed by atoms with Crippen molar-refractivity contribution in [3.63, 3.8) is 0 Å². The highest BCUT2D eigenvalue weighted by molar-refractivity contribution is 6.04. The quantitative estimate of drug-likeness (QED) is 0.825. The molecule has 0 spiro atoms. The number of benzene rings is 1. The molecule has 0 fully saturated rings. The van der Waals surface area contributed by atoms with Gasteiger partial charge >= 0.3 is 5.69 Å². The summed E-state index contributed by atoms with van der Waals surface area (Å²) in [4.78, 5) is 39.2. The molecule has 1 aromatic carbocycles. The molecule has 9 nitrogen and oxygen atoms in total. The van der Waals surface area contributed by atoms with Gasteiger partial charge < -0.3 is 10.0 Å². The van der Waals surface area contributed by atoms with E-state index in [0.29, 0.717) is 0 Å². The monoisotopic (exact) mass is 399 g/mol. The summed E-state index contributed by atoms with van der Waals surface area (Å²) in [5.74, 6) is -0.646. The van der Waals surface area contributed by atoms with E-state index in [0.717, 1.165) is 20.4 Å². The standard InChI is InChI=1S/C20H25N5O4/c1-6-16(26)25-15(12-7-9-13(10-8-12)22(2)3)11-14(21-25)17-18(27)23(4)20(29)24(5)19(17)28/h7-10,15,27H,6,11H2,1-5H3/t15-/m1/s1. The van der Waals surface area contributed by atoms with Crippen LogP contribution in [0.1, 0.15) is 36.9 Å². The molecule has 0 saturated carbocycles. The lowest BCUT2D eigenvalue weighted by Gasteiger charge is -2.22. The Bertz CT molecular complexity index is 1100. The smallest absolute Gasteiger partial charge is 0.333 e. The largest absolute Gasteiger partial charge is 0.494 e. The van der Waals surface area contributed by atoms with Crippen LogP contribution in [-0.2, 0) is 18.9 Å². The Morgan fingerprint density at radius 2 is 1.79 bits per heavy atom. The molecule has 1 atom stereocenters. The minimum absolute atomic E-state index is 0.0593. The summed E-state index contributed by atoms with van der Waals surface area (Å²) in [6.45, 7) is 1.74. The van der Waals surface area contributed by atoms with Crippen molar-refractivity contribution < 1.29 is 9.90 Å². The van der Waals surface area contributed by atoms with Crippen molar-refractivity contribution in [3.8, 4) is 5.88 Å². The van der Waals surface area contributed by atoms with Crippen LogP contribution in [0, 0.1) is 0 Å². The molecule has 9 heteroatoms. The Morgan fingerprint density at radius 3 is 2.34 bits per heavy atom. The summed E-state index contributed by atoms with van der Waals surface area (Å²) < 4.78 is 1.91. The average molecular weight is 399 g/mol. The zero-order valence-corrected chi connectivity index (χ0v) is 17.2. The van der Waals surface area contributed by atoms with Crippen molar-refractivity contribution in [2.45, 2.75) is 25.8 Å². The first-order valence-electron chi connectivity index (χ1n) is 9.33. The Labute approximate surface area is 168 Å². The second-order valence-electron chi connectivity index (χ2n) is 7.25. The van der Waals surface area contributed by atoms with E-state index in [2.05, 4.69) is 5.10 Å². The van der Waals surface area contributed by atoms with Crippen LogP contribution in [-0.4, -0.2) is 45.0 Å². The van der Waals surface area contributed by atoms with Gasteiger partial charge in [-0.15, -0.1) is 0 Å². The maximum Gasteiger partial charge on any atom is 0.333 e. The Kier molecular flexibility index (Phi) is 5.32. The van der Waals surface area contributed by atoms with Gasteiger partial charge in [0, 0.05) is 46.7 Å². The summed E-state index contributed by atoms with van der Waals surface area (Å²) in [5.41, 5.74) is 0.838. The third kappa shape index (κ3) is 3.43. The molecule has 29 heavy (non-hydrogen) atoms. The highest BCUT2D eigenvalue weighted by Gasteiger charge is 2.35. The number of hydrogen-bond acceptors (Lipinski definition) is 6. The average Bonchev–Trinajstić information content (AvgIpc) is 3.15. The zero-order chi connectivity index (χ0) is 21.5. The van der Waals surface area contributed by atoms with E-state index in [4.69, 9.17) is 0 Å². The van der Waals surface area contributed by atoms with Gasteiger partial charge in [0.15, 0.2) is 0 Å². The molecule has 3 rings (SSSR count). The molecule has 1 aliphatic rings. The molecular formula is C20H25N5O4. The van der Waals surface area contributed by atoms with Crippen LogP contribution in [0.25, 0.3) is 0 Å². The molecule has 1 aliphatic heterocycles. The number of hydrogen-bond donors (Lipinski definition) is 1. The van der Waals surface area contributed by atoms with Crippen molar-refractivity contribution >= 4 is 17.3 Å². The molecule has 2 aromatic rings. The molecule has 0 bridgehead atoms. The van der Waals surface area contributed by atoms with Gasteiger partial charge in [0.05, 0.1) is 11.8 Å². The van der Waals surface area contributed by atoms with Crippen LogP contribution < -0.4 is 16.1 Å². The lowest BCUT2D eigenvalue weighted by molar-refractivity contribution is -0.132. The van der Waals surface area contributed by atoms with Crippen LogP contribution >= 0.6 is 0 Å². The van der Waals surface area contributed by atoms with Gasteiger partial charge in [0.25, 0.3) is 5.56 Å². The number of nitrogens with zero attached hydrogens (tertiary/aromatic N) is 5. The molecule has 1 aromatic heterocycles. The Hall–Kier alpha value is -3.36. The molecular weight excluding hydrogens is 374 g/mol. The van der Waals surface area contributed by atoms with Gasteiger partial charge in [-0.25, -0.2) is 9.80 Å². The fraction of sp³-hybridized carbons (Fsp3) is 0.400. The van der Waals surface area contributed by atoms with Gasteiger partial charge in [0.2, 0.25) is 11.8 Å². The number of rotatable bonds is 4. The Morgan fingerprint density at radius 1 is 1.17 bits per heavy atom. The summed E-state index contributed by atoms with van der Waals surface area (Å²) in [5, 5.41) is 16.2. The van der Waals surface area contributed by atoms with Gasteiger partial charge in [-0.2, -0.15) is 5.10 Å². The summed E-state index contributed by atoms with van der Waals surface area (Å²) in [7, 11) is 6.60. The van der Waals surface area contributed by atoms with E-state index >= 15 is 0 Å². The van der Waals surface area contributed by atoms with Gasteiger partial charge in [-0.3, -0.25) is 18.7 Å². The fourth-order valence-corrected chi connectivity index (χ4v) is 3.39. The fourth-order valence-electron chi connectivity index (χ4n) is 3.39. The molecule has 0 saturated heterocycles. The van der Waals surface area contributed by atoms with Crippen molar-refractivity contribution in [1.82, 2.24) is 14.1 Å². The highest BCUT2D eigenvalue weighted by Crippen LogP contribution is 2.34. The number of anilines is 1. The number of amides is 1. The minimum Gasteiger partial charge on any atom is -0.494 e. The van der Waals surface area contributed by atoms with Crippen LogP contribution in [0.2, 0.25) is 0 Å². The first kappa shape index (κ1) is 20.4.